The Morgan fingerprint density at radius 3 is 2.50 bits per heavy atom. The maximum absolute atomic E-state index is 12.1. The van der Waals surface area contributed by atoms with Crippen LogP contribution < -0.4 is 10.1 Å². The SMILES string of the molecule is COc1ccc(NC(=O)N(CC(=O)O)CC2CC2)cc1. The van der Waals surface area contributed by atoms with Crippen LogP contribution in [0.1, 0.15) is 12.8 Å². The zero-order valence-electron chi connectivity index (χ0n) is 11.3. The maximum atomic E-state index is 12.1. The molecule has 1 aliphatic rings. The summed E-state index contributed by atoms with van der Waals surface area (Å²) in [5.41, 5.74) is 0.613. The summed E-state index contributed by atoms with van der Waals surface area (Å²) in [6, 6.07) is 6.51. The normalized spacial score (nSPS) is 13.7. The summed E-state index contributed by atoms with van der Waals surface area (Å²) in [6.45, 7) is 0.215. The van der Waals surface area contributed by atoms with Crippen LogP contribution in [0.4, 0.5) is 10.5 Å². The quantitative estimate of drug-likeness (QED) is 0.834. The van der Waals surface area contributed by atoms with Crippen molar-refractivity contribution in [1.82, 2.24) is 4.90 Å². The standard InChI is InChI=1S/C14H18N2O4/c1-20-12-6-4-11(5-7-12)15-14(19)16(9-13(17)18)8-10-2-3-10/h4-7,10H,2-3,8-9H2,1H3,(H,15,19)(H,17,18). The van der Waals surface area contributed by atoms with Gasteiger partial charge in [0.25, 0.3) is 0 Å². The number of hydrogen-bond acceptors (Lipinski definition) is 3. The Bertz CT molecular complexity index is 482. The van der Waals surface area contributed by atoms with Gasteiger partial charge in [-0.25, -0.2) is 4.79 Å². The van der Waals surface area contributed by atoms with Gasteiger partial charge in [-0.05, 0) is 43.0 Å². The van der Waals surface area contributed by atoms with E-state index in [2.05, 4.69) is 5.32 Å². The minimum absolute atomic E-state index is 0.279. The van der Waals surface area contributed by atoms with Crippen molar-refractivity contribution in [3.05, 3.63) is 24.3 Å². The van der Waals surface area contributed by atoms with Crippen molar-refractivity contribution >= 4 is 17.7 Å². The molecule has 0 unspecified atom stereocenters. The first-order chi connectivity index (χ1) is 9.58. The molecular formula is C14H18N2O4. The number of ether oxygens (including phenoxy) is 1. The Morgan fingerprint density at radius 2 is 2.00 bits per heavy atom. The topological polar surface area (TPSA) is 78.9 Å². The van der Waals surface area contributed by atoms with Crippen LogP contribution >= 0.6 is 0 Å². The molecule has 108 valence electrons. The Balaban J connectivity index is 1.96. The molecule has 2 amide bonds. The Morgan fingerprint density at radius 1 is 1.35 bits per heavy atom. The summed E-state index contributed by atoms with van der Waals surface area (Å²) in [5, 5.41) is 11.6. The molecule has 0 atom stereocenters. The molecule has 1 saturated carbocycles. The number of carboxylic acid groups (broad SMARTS) is 1. The smallest absolute Gasteiger partial charge is 0.323 e. The van der Waals surface area contributed by atoms with Crippen LogP contribution in [-0.2, 0) is 4.79 Å². The van der Waals surface area contributed by atoms with E-state index in [0.717, 1.165) is 12.8 Å². The third kappa shape index (κ3) is 4.15. The number of urea groups is 1. The predicted octanol–water partition coefficient (Wildman–Crippen LogP) is 2.02. The summed E-state index contributed by atoms with van der Waals surface area (Å²) >= 11 is 0. The van der Waals surface area contributed by atoms with Crippen LogP contribution in [0, 0.1) is 5.92 Å². The minimum Gasteiger partial charge on any atom is -0.497 e. The second kappa shape index (κ2) is 6.27. The number of aliphatic carboxylic acids is 1. The molecule has 2 N–H and O–H groups in total. The van der Waals surface area contributed by atoms with Gasteiger partial charge < -0.3 is 20.1 Å². The van der Waals surface area contributed by atoms with Crippen LogP contribution in [0.3, 0.4) is 0 Å². The minimum atomic E-state index is -1.00. The molecule has 1 aromatic carbocycles. The van der Waals surface area contributed by atoms with Gasteiger partial charge in [0.15, 0.2) is 0 Å². The summed E-state index contributed by atoms with van der Waals surface area (Å²) in [5.74, 6) is 0.134. The molecule has 1 aliphatic carbocycles. The third-order valence-corrected chi connectivity index (χ3v) is 3.13. The van der Waals surface area contributed by atoms with Crippen molar-refractivity contribution < 1.29 is 19.4 Å². The van der Waals surface area contributed by atoms with Crippen molar-refractivity contribution in [3.8, 4) is 5.75 Å². The van der Waals surface area contributed by atoms with Crippen molar-refractivity contribution in [2.75, 3.05) is 25.5 Å². The van der Waals surface area contributed by atoms with Crippen LogP contribution in [0.5, 0.6) is 5.75 Å². The van der Waals surface area contributed by atoms with Gasteiger partial charge in [0, 0.05) is 12.2 Å². The summed E-state index contributed by atoms with van der Waals surface area (Å²) in [7, 11) is 1.57. The van der Waals surface area contributed by atoms with Crippen LogP contribution in [0.15, 0.2) is 24.3 Å². The van der Waals surface area contributed by atoms with E-state index < -0.39 is 5.97 Å². The number of anilines is 1. The number of nitrogens with zero attached hydrogens (tertiary/aromatic N) is 1. The van der Waals surface area contributed by atoms with Gasteiger partial charge in [-0.15, -0.1) is 0 Å². The van der Waals surface area contributed by atoms with E-state index in [1.165, 1.54) is 4.90 Å². The van der Waals surface area contributed by atoms with E-state index in [1.54, 1.807) is 31.4 Å². The first-order valence-electron chi connectivity index (χ1n) is 6.50. The molecule has 6 heteroatoms. The highest BCUT2D eigenvalue weighted by molar-refractivity contribution is 5.91. The van der Waals surface area contributed by atoms with Gasteiger partial charge in [0.1, 0.15) is 12.3 Å². The highest BCUT2D eigenvalue weighted by Gasteiger charge is 2.27. The molecular weight excluding hydrogens is 260 g/mol. The van der Waals surface area contributed by atoms with Gasteiger partial charge in [0.05, 0.1) is 7.11 Å². The number of carbonyl (C=O) groups excluding carboxylic acids is 1. The van der Waals surface area contributed by atoms with Gasteiger partial charge in [-0.1, -0.05) is 0 Å². The Kier molecular flexibility index (Phi) is 4.45. The molecule has 6 nitrogen and oxygen atoms in total. The van der Waals surface area contributed by atoms with Crippen LogP contribution in [-0.4, -0.2) is 42.2 Å². The van der Waals surface area contributed by atoms with Crippen LogP contribution in [0.25, 0.3) is 0 Å². The fourth-order valence-electron chi connectivity index (χ4n) is 1.87. The number of rotatable bonds is 6. The molecule has 0 aliphatic heterocycles. The second-order valence-electron chi connectivity index (χ2n) is 4.88. The summed E-state index contributed by atoms with van der Waals surface area (Å²) < 4.78 is 5.03. The largest absolute Gasteiger partial charge is 0.497 e. The van der Waals surface area contributed by atoms with Crippen molar-refractivity contribution in [3.63, 3.8) is 0 Å². The molecule has 1 aromatic rings. The zero-order chi connectivity index (χ0) is 14.5. The molecule has 0 spiro atoms. The molecule has 2 rings (SSSR count). The lowest BCUT2D eigenvalue weighted by Gasteiger charge is -2.21. The summed E-state index contributed by atoms with van der Waals surface area (Å²) in [4.78, 5) is 24.2. The average Bonchev–Trinajstić information content (AvgIpc) is 3.22. The number of methoxy groups -OCH3 is 1. The summed E-state index contributed by atoms with van der Waals surface area (Å²) in [6.07, 6.45) is 2.12. The maximum Gasteiger partial charge on any atom is 0.323 e. The molecule has 0 saturated heterocycles. The van der Waals surface area contributed by atoms with Crippen molar-refractivity contribution in [2.24, 2.45) is 5.92 Å². The van der Waals surface area contributed by atoms with Gasteiger partial charge >= 0.3 is 12.0 Å². The second-order valence-corrected chi connectivity index (χ2v) is 4.88. The van der Waals surface area contributed by atoms with Gasteiger partial charge in [0.2, 0.25) is 0 Å². The first-order valence-corrected chi connectivity index (χ1v) is 6.50. The van der Waals surface area contributed by atoms with Gasteiger partial charge in [-0.2, -0.15) is 0 Å². The first kappa shape index (κ1) is 14.2. The lowest BCUT2D eigenvalue weighted by atomic mass is 10.3. The molecule has 20 heavy (non-hydrogen) atoms. The molecule has 1 fully saturated rings. The van der Waals surface area contributed by atoms with Gasteiger partial charge in [-0.3, -0.25) is 4.79 Å². The molecule has 0 aromatic heterocycles. The third-order valence-electron chi connectivity index (χ3n) is 3.13. The molecule has 0 radical (unpaired) electrons. The fraction of sp³-hybridized carbons (Fsp3) is 0.429. The lowest BCUT2D eigenvalue weighted by Crippen LogP contribution is -2.40. The number of carboxylic acids is 1. The Labute approximate surface area is 117 Å². The molecule has 0 bridgehead atoms. The molecule has 0 heterocycles. The predicted molar refractivity (Wildman–Crippen MR) is 73.9 cm³/mol. The highest BCUT2D eigenvalue weighted by Crippen LogP contribution is 2.29. The van der Waals surface area contributed by atoms with E-state index in [1.807, 2.05) is 0 Å². The lowest BCUT2D eigenvalue weighted by molar-refractivity contribution is -0.137. The van der Waals surface area contributed by atoms with E-state index in [0.29, 0.717) is 23.9 Å². The number of benzene rings is 1. The number of amides is 2. The number of hydrogen-bond donors (Lipinski definition) is 2. The van der Waals surface area contributed by atoms with E-state index in [4.69, 9.17) is 9.84 Å². The fourth-order valence-corrected chi connectivity index (χ4v) is 1.87. The zero-order valence-corrected chi connectivity index (χ0v) is 11.3. The Hall–Kier alpha value is -2.24. The number of nitrogens with one attached hydrogen (secondary N) is 1. The van der Waals surface area contributed by atoms with E-state index in [-0.39, 0.29) is 12.6 Å². The van der Waals surface area contributed by atoms with Crippen molar-refractivity contribution in [1.29, 1.82) is 0 Å². The monoisotopic (exact) mass is 278 g/mol. The number of carbonyl (C=O) groups is 2. The van der Waals surface area contributed by atoms with Crippen molar-refractivity contribution in [2.45, 2.75) is 12.8 Å². The van der Waals surface area contributed by atoms with Crippen LogP contribution in [0.2, 0.25) is 0 Å². The van der Waals surface area contributed by atoms with E-state index >= 15 is 0 Å². The highest BCUT2D eigenvalue weighted by atomic mass is 16.5. The average molecular weight is 278 g/mol. The van der Waals surface area contributed by atoms with E-state index in [9.17, 15) is 9.59 Å².